The Hall–Kier alpha value is -1.63. The maximum atomic E-state index is 12.2. The number of methoxy groups -OCH3 is 1. The molecule has 0 spiro atoms. The van der Waals surface area contributed by atoms with Gasteiger partial charge in [0.25, 0.3) is 0 Å². The predicted molar refractivity (Wildman–Crippen MR) is 90.3 cm³/mol. The number of sulfonamides is 1. The van der Waals surface area contributed by atoms with Crippen molar-refractivity contribution < 1.29 is 13.2 Å². The smallest absolute Gasteiger partial charge is 0.242 e. The highest BCUT2D eigenvalue weighted by Crippen LogP contribution is 2.15. The summed E-state index contributed by atoms with van der Waals surface area (Å²) < 4.78 is 32.2. The van der Waals surface area contributed by atoms with Crippen molar-refractivity contribution in [3.63, 3.8) is 0 Å². The fourth-order valence-electron chi connectivity index (χ4n) is 2.09. The lowest BCUT2D eigenvalue weighted by atomic mass is 10.1. The van der Waals surface area contributed by atoms with Gasteiger partial charge < -0.3 is 4.74 Å². The van der Waals surface area contributed by atoms with Crippen LogP contribution in [0, 0.1) is 0 Å². The summed E-state index contributed by atoms with van der Waals surface area (Å²) in [6.45, 7) is 1.84. The summed E-state index contributed by atoms with van der Waals surface area (Å²) in [4.78, 5) is 3.91. The van der Waals surface area contributed by atoms with Crippen LogP contribution in [0.15, 0.2) is 47.5 Å². The highest BCUT2D eigenvalue weighted by molar-refractivity contribution is 7.89. The fourth-order valence-corrected chi connectivity index (χ4v) is 3.42. The van der Waals surface area contributed by atoms with Crippen molar-refractivity contribution in [2.75, 3.05) is 7.11 Å². The molecule has 0 bridgehead atoms. The number of hydrogen-bond acceptors (Lipinski definition) is 4. The Kier molecular flexibility index (Phi) is 5.98. The lowest BCUT2D eigenvalue weighted by Crippen LogP contribution is -2.33. The van der Waals surface area contributed by atoms with Crippen LogP contribution in [0.1, 0.15) is 18.9 Å². The lowest BCUT2D eigenvalue weighted by molar-refractivity contribution is 0.414. The molecule has 124 valence electrons. The van der Waals surface area contributed by atoms with Crippen molar-refractivity contribution in [3.8, 4) is 5.75 Å². The van der Waals surface area contributed by atoms with Gasteiger partial charge in [-0.1, -0.05) is 23.7 Å². The maximum absolute atomic E-state index is 12.2. The summed E-state index contributed by atoms with van der Waals surface area (Å²) in [5.41, 5.74) is 1.13. The Morgan fingerprint density at radius 1 is 1.22 bits per heavy atom. The first kappa shape index (κ1) is 17.7. The average molecular weight is 355 g/mol. The summed E-state index contributed by atoms with van der Waals surface area (Å²) in [6, 6.07) is 10.4. The predicted octanol–water partition coefficient (Wildman–Crippen LogP) is 3.04. The molecule has 0 radical (unpaired) electrons. The van der Waals surface area contributed by atoms with Crippen molar-refractivity contribution in [3.05, 3.63) is 53.3 Å². The summed E-state index contributed by atoms with van der Waals surface area (Å²) in [5, 5.41) is 0.261. The number of nitrogens with one attached hydrogen (secondary N) is 1. The third kappa shape index (κ3) is 5.20. The molecule has 0 aliphatic rings. The third-order valence-electron chi connectivity index (χ3n) is 3.39. The van der Waals surface area contributed by atoms with Crippen molar-refractivity contribution in [2.45, 2.75) is 30.7 Å². The molecule has 23 heavy (non-hydrogen) atoms. The zero-order valence-corrected chi connectivity index (χ0v) is 14.6. The summed E-state index contributed by atoms with van der Waals surface area (Å²) in [6.07, 6.45) is 2.71. The zero-order chi connectivity index (χ0) is 16.9. The van der Waals surface area contributed by atoms with Gasteiger partial charge >= 0.3 is 0 Å². The standard InChI is InChI=1S/C16H19ClN2O3S/c1-12(3-4-13-5-7-14(22-2)8-6-13)19-23(20,21)15-9-10-16(17)18-11-15/h5-12,19H,3-4H2,1-2H3. The van der Waals surface area contributed by atoms with Crippen molar-refractivity contribution in [1.29, 1.82) is 0 Å². The van der Waals surface area contributed by atoms with E-state index in [1.54, 1.807) is 7.11 Å². The van der Waals surface area contributed by atoms with Gasteiger partial charge in [-0.2, -0.15) is 0 Å². The second kappa shape index (κ2) is 7.77. The van der Waals surface area contributed by atoms with E-state index in [1.165, 1.54) is 18.3 Å². The molecule has 0 aliphatic heterocycles. The molecule has 0 amide bonds. The molecule has 1 N–H and O–H groups in total. The van der Waals surface area contributed by atoms with E-state index >= 15 is 0 Å². The number of hydrogen-bond donors (Lipinski definition) is 1. The molecule has 0 aliphatic carbocycles. The highest BCUT2D eigenvalue weighted by atomic mass is 35.5. The van der Waals surface area contributed by atoms with Gasteiger partial charge in [-0.15, -0.1) is 0 Å². The van der Waals surface area contributed by atoms with Crippen LogP contribution in [-0.2, 0) is 16.4 Å². The molecular formula is C16H19ClN2O3S. The molecule has 0 saturated heterocycles. The highest BCUT2D eigenvalue weighted by Gasteiger charge is 2.17. The zero-order valence-electron chi connectivity index (χ0n) is 13.0. The Labute approximate surface area is 141 Å². The first-order valence-electron chi connectivity index (χ1n) is 7.17. The van der Waals surface area contributed by atoms with E-state index in [4.69, 9.17) is 16.3 Å². The number of ether oxygens (including phenoxy) is 1. The minimum absolute atomic E-state index is 0.109. The molecule has 0 fully saturated rings. The van der Waals surface area contributed by atoms with Gasteiger partial charge in [-0.3, -0.25) is 0 Å². The van der Waals surface area contributed by atoms with Gasteiger partial charge in [-0.05, 0) is 49.6 Å². The molecule has 2 rings (SSSR count). The summed E-state index contributed by atoms with van der Waals surface area (Å²) in [5.74, 6) is 0.803. The molecule has 0 saturated carbocycles. The number of aryl methyl sites for hydroxylation is 1. The van der Waals surface area contributed by atoms with Gasteiger partial charge in [0.15, 0.2) is 0 Å². The van der Waals surface area contributed by atoms with E-state index < -0.39 is 10.0 Å². The van der Waals surface area contributed by atoms with Gasteiger partial charge in [0.1, 0.15) is 15.8 Å². The molecule has 1 atom stereocenters. The SMILES string of the molecule is COc1ccc(CCC(C)NS(=O)(=O)c2ccc(Cl)nc2)cc1. The van der Waals surface area contributed by atoms with Crippen LogP contribution in [-0.4, -0.2) is 26.6 Å². The molecule has 1 heterocycles. The molecule has 1 unspecified atom stereocenters. The van der Waals surface area contributed by atoms with Crippen molar-refractivity contribution >= 4 is 21.6 Å². The van der Waals surface area contributed by atoms with Gasteiger partial charge in [0.05, 0.1) is 7.11 Å². The van der Waals surface area contributed by atoms with E-state index in [-0.39, 0.29) is 16.1 Å². The Morgan fingerprint density at radius 2 is 1.91 bits per heavy atom. The summed E-state index contributed by atoms with van der Waals surface area (Å²) >= 11 is 5.67. The monoisotopic (exact) mass is 354 g/mol. The van der Waals surface area contributed by atoms with Gasteiger partial charge in [0.2, 0.25) is 10.0 Å². The topological polar surface area (TPSA) is 68.3 Å². The van der Waals surface area contributed by atoms with E-state index in [0.29, 0.717) is 6.42 Å². The molecular weight excluding hydrogens is 336 g/mol. The van der Waals surface area contributed by atoms with Crippen LogP contribution in [0.2, 0.25) is 5.15 Å². The second-order valence-corrected chi connectivity index (χ2v) is 7.33. The summed E-state index contributed by atoms with van der Waals surface area (Å²) in [7, 11) is -1.96. The van der Waals surface area contributed by atoms with Crippen molar-refractivity contribution in [1.82, 2.24) is 9.71 Å². The van der Waals surface area contributed by atoms with Crippen molar-refractivity contribution in [2.24, 2.45) is 0 Å². The maximum Gasteiger partial charge on any atom is 0.242 e. The first-order valence-corrected chi connectivity index (χ1v) is 9.03. The number of pyridine rings is 1. The Morgan fingerprint density at radius 3 is 2.48 bits per heavy atom. The minimum atomic E-state index is -3.58. The number of rotatable bonds is 7. The van der Waals surface area contributed by atoms with Crippen LogP contribution in [0.4, 0.5) is 0 Å². The molecule has 1 aromatic heterocycles. The lowest BCUT2D eigenvalue weighted by Gasteiger charge is -2.14. The average Bonchev–Trinajstić information content (AvgIpc) is 2.53. The van der Waals surface area contributed by atoms with E-state index in [0.717, 1.165) is 17.7 Å². The Balaban J connectivity index is 1.92. The Bertz CT molecular complexity index is 731. The largest absolute Gasteiger partial charge is 0.497 e. The second-order valence-electron chi connectivity index (χ2n) is 5.23. The van der Waals surface area contributed by atoms with Crippen LogP contribution >= 0.6 is 11.6 Å². The number of halogens is 1. The van der Waals surface area contributed by atoms with Crippen LogP contribution in [0.3, 0.4) is 0 Å². The normalized spacial score (nSPS) is 12.8. The van der Waals surface area contributed by atoms with Gasteiger partial charge in [-0.25, -0.2) is 18.1 Å². The third-order valence-corrected chi connectivity index (χ3v) is 5.19. The van der Waals surface area contributed by atoms with Crippen LogP contribution in [0.5, 0.6) is 5.75 Å². The van der Waals surface area contributed by atoms with Gasteiger partial charge in [0, 0.05) is 12.2 Å². The quantitative estimate of drug-likeness (QED) is 0.776. The number of nitrogens with zero attached hydrogens (tertiary/aromatic N) is 1. The fraction of sp³-hybridized carbons (Fsp3) is 0.312. The van der Waals surface area contributed by atoms with Crippen LogP contribution in [0.25, 0.3) is 0 Å². The number of aromatic nitrogens is 1. The molecule has 1 aromatic carbocycles. The van der Waals surface area contributed by atoms with Crippen LogP contribution < -0.4 is 9.46 Å². The number of benzene rings is 1. The molecule has 5 nitrogen and oxygen atoms in total. The molecule has 2 aromatic rings. The van der Waals surface area contributed by atoms with E-state index in [9.17, 15) is 8.42 Å². The molecule has 7 heteroatoms. The first-order chi connectivity index (χ1) is 10.9. The van der Waals surface area contributed by atoms with E-state index in [1.807, 2.05) is 31.2 Å². The van der Waals surface area contributed by atoms with E-state index in [2.05, 4.69) is 9.71 Å². The minimum Gasteiger partial charge on any atom is -0.497 e.